The molecule has 4 rings (SSSR count). The molecule has 0 aliphatic heterocycles. The summed E-state index contributed by atoms with van der Waals surface area (Å²) in [5.41, 5.74) is 2.84. The predicted molar refractivity (Wildman–Crippen MR) is 109 cm³/mol. The molecule has 4 aliphatic carbocycles. The first-order chi connectivity index (χ1) is 11.8. The minimum absolute atomic E-state index is 0.0766. The smallest absolute Gasteiger partial charge is 0.178 e. The molecule has 3 heteroatoms. The zero-order chi connectivity index (χ0) is 18.0. The molecule has 25 heavy (non-hydrogen) atoms. The Morgan fingerprint density at radius 1 is 1.36 bits per heavy atom. The van der Waals surface area contributed by atoms with Crippen LogP contribution in [0, 0.1) is 34.5 Å². The molecule has 0 unspecified atom stereocenters. The fourth-order valence-corrected chi connectivity index (χ4v) is 7.13. The van der Waals surface area contributed by atoms with Crippen LogP contribution in [-0.2, 0) is 9.59 Å². The average molecular weight is 450 g/mol. The minimum atomic E-state index is -0.0766. The summed E-state index contributed by atoms with van der Waals surface area (Å²) in [6.07, 6.45) is 12.5. The van der Waals surface area contributed by atoms with Crippen LogP contribution in [0.25, 0.3) is 0 Å². The van der Waals surface area contributed by atoms with Crippen molar-refractivity contribution in [3.05, 3.63) is 35.5 Å². The van der Waals surface area contributed by atoms with E-state index in [9.17, 15) is 9.59 Å². The highest BCUT2D eigenvalue weighted by atomic mass is 127. The number of Topliss-reactive ketones (excluding diaryl/α,β-unsaturated/α-hetero) is 1. The van der Waals surface area contributed by atoms with Gasteiger partial charge in [0.2, 0.25) is 0 Å². The van der Waals surface area contributed by atoms with Gasteiger partial charge >= 0.3 is 0 Å². The molecule has 2 nitrogen and oxygen atoms in total. The molecule has 0 bridgehead atoms. The van der Waals surface area contributed by atoms with E-state index in [1.165, 1.54) is 17.6 Å². The number of carbonyl (C=O) groups is 2. The van der Waals surface area contributed by atoms with Crippen LogP contribution in [-0.4, -0.2) is 16.0 Å². The van der Waals surface area contributed by atoms with Gasteiger partial charge in [-0.3, -0.25) is 9.59 Å². The van der Waals surface area contributed by atoms with E-state index in [1.807, 2.05) is 6.08 Å². The second kappa shape index (κ2) is 5.90. The number of halogens is 1. The maximum atomic E-state index is 12.7. The van der Waals surface area contributed by atoms with Gasteiger partial charge in [0.15, 0.2) is 5.78 Å². The molecule has 2 saturated carbocycles. The van der Waals surface area contributed by atoms with Crippen LogP contribution in [0.3, 0.4) is 0 Å². The monoisotopic (exact) mass is 450 g/mol. The Kier molecular flexibility index (Phi) is 4.17. The summed E-state index contributed by atoms with van der Waals surface area (Å²) in [7, 11) is 0. The van der Waals surface area contributed by atoms with Gasteiger partial charge in [-0.2, -0.15) is 0 Å². The highest BCUT2D eigenvalue weighted by Crippen LogP contribution is 2.65. The third kappa shape index (κ3) is 2.40. The van der Waals surface area contributed by atoms with Crippen LogP contribution in [0.15, 0.2) is 35.5 Å². The Hall–Kier alpha value is -0.710. The maximum absolute atomic E-state index is 12.7. The Bertz CT molecular complexity index is 730. The van der Waals surface area contributed by atoms with Crippen molar-refractivity contribution in [1.29, 1.82) is 0 Å². The summed E-state index contributed by atoms with van der Waals surface area (Å²) in [6, 6.07) is 0. The SMILES string of the molecule is C[C@@H]1C[C@H]2[C@@H]3CCC4=CC(=O)C=C[C@]4(C)C3=CC[C@]2(C)[C@H]1C(=O)CI. The van der Waals surface area contributed by atoms with Crippen molar-refractivity contribution in [3.63, 3.8) is 0 Å². The Balaban J connectivity index is 1.75. The van der Waals surface area contributed by atoms with Gasteiger partial charge in [0, 0.05) is 11.3 Å². The van der Waals surface area contributed by atoms with E-state index in [2.05, 4.69) is 55.5 Å². The van der Waals surface area contributed by atoms with Crippen LogP contribution in [0.2, 0.25) is 0 Å². The van der Waals surface area contributed by atoms with E-state index >= 15 is 0 Å². The van der Waals surface area contributed by atoms with Crippen molar-refractivity contribution in [2.45, 2.75) is 46.5 Å². The maximum Gasteiger partial charge on any atom is 0.178 e. The van der Waals surface area contributed by atoms with E-state index in [1.54, 1.807) is 6.08 Å². The van der Waals surface area contributed by atoms with E-state index in [0.29, 0.717) is 28.0 Å². The minimum Gasteiger partial charge on any atom is -0.299 e. The first kappa shape index (κ1) is 17.7. The van der Waals surface area contributed by atoms with Crippen molar-refractivity contribution >= 4 is 34.2 Å². The molecule has 0 amide bonds. The van der Waals surface area contributed by atoms with Crippen LogP contribution < -0.4 is 0 Å². The van der Waals surface area contributed by atoms with E-state index in [-0.39, 0.29) is 22.5 Å². The van der Waals surface area contributed by atoms with Gasteiger partial charge in [-0.05, 0) is 67.9 Å². The fourth-order valence-electron chi connectivity index (χ4n) is 6.66. The first-order valence-electron chi connectivity index (χ1n) is 9.54. The van der Waals surface area contributed by atoms with Crippen LogP contribution in [0.5, 0.6) is 0 Å². The van der Waals surface area contributed by atoms with Crippen molar-refractivity contribution in [3.8, 4) is 0 Å². The third-order valence-corrected chi connectivity index (χ3v) is 8.52. The van der Waals surface area contributed by atoms with Gasteiger partial charge in [-0.15, -0.1) is 0 Å². The number of alkyl halides is 1. The molecular formula is C22H27IO2. The molecule has 0 saturated heterocycles. The fraction of sp³-hybridized carbons (Fsp3) is 0.636. The summed E-state index contributed by atoms with van der Waals surface area (Å²) >= 11 is 2.24. The molecule has 0 N–H and O–H groups in total. The molecular weight excluding hydrogens is 423 g/mol. The molecule has 2 fully saturated rings. The van der Waals surface area contributed by atoms with Crippen molar-refractivity contribution in [1.82, 2.24) is 0 Å². The quantitative estimate of drug-likeness (QED) is 0.334. The van der Waals surface area contributed by atoms with Crippen LogP contribution in [0.1, 0.15) is 46.5 Å². The lowest BCUT2D eigenvalue weighted by molar-refractivity contribution is -0.125. The summed E-state index contributed by atoms with van der Waals surface area (Å²) in [4.78, 5) is 24.5. The normalized spacial score (nSPS) is 45.2. The topological polar surface area (TPSA) is 34.1 Å². The molecule has 0 spiro atoms. The van der Waals surface area contributed by atoms with Crippen molar-refractivity contribution in [2.24, 2.45) is 34.5 Å². The molecule has 134 valence electrons. The Morgan fingerprint density at radius 2 is 2.12 bits per heavy atom. The van der Waals surface area contributed by atoms with E-state index in [4.69, 9.17) is 0 Å². The summed E-state index contributed by atoms with van der Waals surface area (Å²) in [5, 5.41) is 0. The third-order valence-electron chi connectivity index (χ3n) is 7.77. The Labute approximate surface area is 164 Å². The highest BCUT2D eigenvalue weighted by molar-refractivity contribution is 14.1. The zero-order valence-electron chi connectivity index (χ0n) is 15.3. The number of rotatable bonds is 2. The van der Waals surface area contributed by atoms with Gasteiger partial charge in [-0.1, -0.05) is 59.7 Å². The summed E-state index contributed by atoms with van der Waals surface area (Å²) in [6.45, 7) is 6.94. The number of carbonyl (C=O) groups excluding carboxylic acids is 2. The summed E-state index contributed by atoms with van der Waals surface area (Å²) < 4.78 is 0.631. The van der Waals surface area contributed by atoms with Gasteiger partial charge in [0.05, 0.1) is 4.43 Å². The number of hydrogen-bond donors (Lipinski definition) is 0. The lowest BCUT2D eigenvalue weighted by Crippen LogP contribution is -2.45. The second-order valence-electron chi connectivity index (χ2n) is 9.02. The largest absolute Gasteiger partial charge is 0.299 e. The first-order valence-corrected chi connectivity index (χ1v) is 11.1. The van der Waals surface area contributed by atoms with Crippen molar-refractivity contribution < 1.29 is 9.59 Å². The van der Waals surface area contributed by atoms with Gasteiger partial charge in [-0.25, -0.2) is 0 Å². The van der Waals surface area contributed by atoms with E-state index < -0.39 is 0 Å². The average Bonchev–Trinajstić information content (AvgIpc) is 2.85. The summed E-state index contributed by atoms with van der Waals surface area (Å²) in [5.74, 6) is 2.44. The molecule has 0 aromatic heterocycles. The lowest BCUT2D eigenvalue weighted by Gasteiger charge is -2.52. The number of hydrogen-bond acceptors (Lipinski definition) is 2. The second-order valence-corrected chi connectivity index (χ2v) is 9.78. The number of fused-ring (bicyclic) bond motifs is 5. The molecule has 6 atom stereocenters. The number of allylic oxidation sites excluding steroid dienone is 6. The van der Waals surface area contributed by atoms with Gasteiger partial charge in [0.1, 0.15) is 5.78 Å². The van der Waals surface area contributed by atoms with Crippen LogP contribution >= 0.6 is 22.6 Å². The molecule has 0 aromatic carbocycles. The van der Waals surface area contributed by atoms with Gasteiger partial charge in [0.25, 0.3) is 0 Å². The molecule has 0 radical (unpaired) electrons. The molecule has 4 aliphatic rings. The van der Waals surface area contributed by atoms with Gasteiger partial charge < -0.3 is 0 Å². The lowest BCUT2D eigenvalue weighted by atomic mass is 9.52. The standard InChI is InChI=1S/C22H27IO2/c1-13-10-18-16-5-4-14-11-15(24)6-8-21(14,2)17(16)7-9-22(18,3)20(13)19(25)12-23/h6-8,11,13,16,18,20H,4-5,9-10,12H2,1-3H3/t13-,16-,18+,20-,21+,22+/m1/s1. The van der Waals surface area contributed by atoms with E-state index in [0.717, 1.165) is 19.3 Å². The molecule has 0 heterocycles. The van der Waals surface area contributed by atoms with Crippen molar-refractivity contribution in [2.75, 3.05) is 4.43 Å². The number of ketones is 2. The highest BCUT2D eigenvalue weighted by Gasteiger charge is 2.58. The van der Waals surface area contributed by atoms with Crippen LogP contribution in [0.4, 0.5) is 0 Å². The Morgan fingerprint density at radius 3 is 2.84 bits per heavy atom. The molecule has 0 aromatic rings. The predicted octanol–water partition coefficient (Wildman–Crippen LogP) is 5.08. The zero-order valence-corrected chi connectivity index (χ0v) is 17.5.